The third-order valence-corrected chi connectivity index (χ3v) is 5.93. The fourth-order valence-corrected chi connectivity index (χ4v) is 4.40. The van der Waals surface area contributed by atoms with E-state index in [9.17, 15) is 4.79 Å². The van der Waals surface area contributed by atoms with E-state index in [4.69, 9.17) is 27.7 Å². The van der Waals surface area contributed by atoms with E-state index in [1.54, 1.807) is 18.2 Å². The Balaban J connectivity index is 1.30. The minimum atomic E-state index is -0.0566. The van der Waals surface area contributed by atoms with Gasteiger partial charge in [-0.2, -0.15) is 4.98 Å². The molecule has 4 rings (SSSR count). The number of nitrogens with one attached hydrogen (secondary N) is 1. The quantitative estimate of drug-likeness (QED) is 0.480. The standard InChI is InChI=1S/C21H19BrCl2N4O2/c22-15-3-1-2-14(8-15)20-26-19(30-27-20)12-28-6-4-13(5-7-28)21(29)25-18-10-16(23)9-17(24)11-18/h1-3,8-11,13H,4-7,12H2,(H,25,29). The lowest BCUT2D eigenvalue weighted by molar-refractivity contribution is -0.121. The molecule has 0 spiro atoms. The van der Waals surface area contributed by atoms with Crippen molar-refractivity contribution in [1.29, 1.82) is 0 Å². The van der Waals surface area contributed by atoms with E-state index in [1.807, 2.05) is 24.3 Å². The highest BCUT2D eigenvalue weighted by molar-refractivity contribution is 9.10. The molecular formula is C21H19BrCl2N4O2. The summed E-state index contributed by atoms with van der Waals surface area (Å²) >= 11 is 15.4. The summed E-state index contributed by atoms with van der Waals surface area (Å²) < 4.78 is 6.38. The molecule has 9 heteroatoms. The highest BCUT2D eigenvalue weighted by Gasteiger charge is 2.26. The van der Waals surface area contributed by atoms with E-state index in [2.05, 4.69) is 36.3 Å². The predicted octanol–water partition coefficient (Wildman–Crippen LogP) is 5.66. The van der Waals surface area contributed by atoms with E-state index in [-0.39, 0.29) is 11.8 Å². The fourth-order valence-electron chi connectivity index (χ4n) is 3.48. The zero-order valence-electron chi connectivity index (χ0n) is 15.9. The molecule has 2 aromatic carbocycles. The van der Waals surface area contributed by atoms with E-state index in [1.165, 1.54) is 0 Å². The Hall–Kier alpha value is -1.93. The predicted molar refractivity (Wildman–Crippen MR) is 121 cm³/mol. The summed E-state index contributed by atoms with van der Waals surface area (Å²) in [6, 6.07) is 12.8. The first kappa shape index (κ1) is 21.3. The number of rotatable bonds is 5. The van der Waals surface area contributed by atoms with Crippen LogP contribution in [0.15, 0.2) is 51.5 Å². The van der Waals surface area contributed by atoms with Crippen molar-refractivity contribution in [3.63, 3.8) is 0 Å². The number of carbonyl (C=O) groups excluding carboxylic acids is 1. The van der Waals surface area contributed by atoms with Crippen molar-refractivity contribution in [1.82, 2.24) is 15.0 Å². The second-order valence-electron chi connectivity index (χ2n) is 7.22. The van der Waals surface area contributed by atoms with Crippen LogP contribution in [-0.4, -0.2) is 34.0 Å². The number of likely N-dealkylation sites (tertiary alicyclic amines) is 1. The molecule has 1 saturated heterocycles. The van der Waals surface area contributed by atoms with Gasteiger partial charge in [0.25, 0.3) is 0 Å². The first-order valence-corrected chi connectivity index (χ1v) is 11.1. The van der Waals surface area contributed by atoms with E-state index in [0.29, 0.717) is 34.0 Å². The Morgan fingerprint density at radius 1 is 1.17 bits per heavy atom. The van der Waals surface area contributed by atoms with Crippen molar-refractivity contribution in [2.75, 3.05) is 18.4 Å². The van der Waals surface area contributed by atoms with Crippen LogP contribution < -0.4 is 5.32 Å². The number of anilines is 1. The molecule has 0 aliphatic carbocycles. The Bertz CT molecular complexity index is 1030. The van der Waals surface area contributed by atoms with E-state index < -0.39 is 0 Å². The van der Waals surface area contributed by atoms with Crippen LogP contribution in [0.4, 0.5) is 5.69 Å². The van der Waals surface area contributed by atoms with Crippen LogP contribution >= 0.6 is 39.1 Å². The van der Waals surface area contributed by atoms with Gasteiger partial charge < -0.3 is 9.84 Å². The molecule has 2 heterocycles. The van der Waals surface area contributed by atoms with Gasteiger partial charge in [0.15, 0.2) is 0 Å². The molecule has 0 radical (unpaired) electrons. The molecular weight excluding hydrogens is 491 g/mol. The smallest absolute Gasteiger partial charge is 0.241 e. The average Bonchev–Trinajstić information content (AvgIpc) is 3.16. The molecule has 0 saturated carbocycles. The van der Waals surface area contributed by atoms with Crippen molar-refractivity contribution in [2.45, 2.75) is 19.4 Å². The van der Waals surface area contributed by atoms with E-state index in [0.717, 1.165) is 36.0 Å². The van der Waals surface area contributed by atoms with Gasteiger partial charge in [0.05, 0.1) is 6.54 Å². The lowest BCUT2D eigenvalue weighted by Crippen LogP contribution is -2.37. The zero-order chi connectivity index (χ0) is 21.1. The van der Waals surface area contributed by atoms with E-state index >= 15 is 0 Å². The molecule has 3 aromatic rings. The molecule has 1 fully saturated rings. The third-order valence-electron chi connectivity index (χ3n) is 5.00. The number of piperidine rings is 1. The number of nitrogens with zero attached hydrogens (tertiary/aromatic N) is 3. The summed E-state index contributed by atoms with van der Waals surface area (Å²) in [5.74, 6) is 1.07. The first-order valence-electron chi connectivity index (χ1n) is 9.54. The summed E-state index contributed by atoms with van der Waals surface area (Å²) in [5.41, 5.74) is 1.52. The largest absolute Gasteiger partial charge is 0.338 e. The van der Waals surface area contributed by atoms with Crippen LogP contribution in [-0.2, 0) is 11.3 Å². The SMILES string of the molecule is O=C(Nc1cc(Cl)cc(Cl)c1)C1CCN(Cc2nc(-c3cccc(Br)c3)no2)CC1. The topological polar surface area (TPSA) is 71.3 Å². The minimum Gasteiger partial charge on any atom is -0.338 e. The molecule has 6 nitrogen and oxygen atoms in total. The Morgan fingerprint density at radius 2 is 1.90 bits per heavy atom. The van der Waals surface area contributed by atoms with Gasteiger partial charge in [-0.05, 0) is 56.3 Å². The summed E-state index contributed by atoms with van der Waals surface area (Å²) in [4.78, 5) is 19.3. The van der Waals surface area contributed by atoms with Crippen LogP contribution in [0.5, 0.6) is 0 Å². The average molecular weight is 510 g/mol. The molecule has 156 valence electrons. The van der Waals surface area contributed by atoms with Crippen molar-refractivity contribution < 1.29 is 9.32 Å². The van der Waals surface area contributed by atoms with Crippen molar-refractivity contribution >= 4 is 50.7 Å². The van der Waals surface area contributed by atoms with Crippen LogP contribution in [0.2, 0.25) is 10.0 Å². The van der Waals surface area contributed by atoms with Crippen LogP contribution in [0.1, 0.15) is 18.7 Å². The monoisotopic (exact) mass is 508 g/mol. The van der Waals surface area contributed by atoms with Crippen molar-refractivity contribution in [3.05, 3.63) is 62.9 Å². The number of hydrogen-bond acceptors (Lipinski definition) is 5. The summed E-state index contributed by atoms with van der Waals surface area (Å²) in [7, 11) is 0. The molecule has 1 aliphatic rings. The van der Waals surface area contributed by atoms with Crippen LogP contribution in [0, 0.1) is 5.92 Å². The van der Waals surface area contributed by atoms with Gasteiger partial charge in [0, 0.05) is 31.7 Å². The molecule has 0 unspecified atom stereocenters. The normalized spacial score (nSPS) is 15.3. The van der Waals surface area contributed by atoms with Crippen LogP contribution in [0.25, 0.3) is 11.4 Å². The van der Waals surface area contributed by atoms with Crippen molar-refractivity contribution in [2.24, 2.45) is 5.92 Å². The number of benzene rings is 2. The zero-order valence-corrected chi connectivity index (χ0v) is 19.0. The second-order valence-corrected chi connectivity index (χ2v) is 9.01. The molecule has 1 amide bonds. The number of halogens is 3. The fraction of sp³-hybridized carbons (Fsp3) is 0.286. The molecule has 0 atom stereocenters. The van der Waals surface area contributed by atoms with Gasteiger partial charge in [-0.1, -0.05) is 56.4 Å². The van der Waals surface area contributed by atoms with Gasteiger partial charge in [-0.25, -0.2) is 0 Å². The third kappa shape index (κ3) is 5.40. The maximum absolute atomic E-state index is 12.6. The first-order chi connectivity index (χ1) is 14.5. The highest BCUT2D eigenvalue weighted by Crippen LogP contribution is 2.26. The maximum atomic E-state index is 12.6. The summed E-state index contributed by atoms with van der Waals surface area (Å²) in [6.07, 6.45) is 1.51. The molecule has 1 aromatic heterocycles. The number of carbonyl (C=O) groups is 1. The van der Waals surface area contributed by atoms with Gasteiger partial charge >= 0.3 is 0 Å². The van der Waals surface area contributed by atoms with Crippen molar-refractivity contribution in [3.8, 4) is 11.4 Å². The second kappa shape index (κ2) is 9.47. The lowest BCUT2D eigenvalue weighted by Gasteiger charge is -2.30. The molecule has 0 bridgehead atoms. The summed E-state index contributed by atoms with van der Waals surface area (Å²) in [6.45, 7) is 2.13. The van der Waals surface area contributed by atoms with Gasteiger partial charge in [-0.3, -0.25) is 9.69 Å². The molecule has 1 N–H and O–H groups in total. The number of amides is 1. The van der Waals surface area contributed by atoms with Crippen LogP contribution in [0.3, 0.4) is 0 Å². The molecule has 1 aliphatic heterocycles. The maximum Gasteiger partial charge on any atom is 0.241 e. The number of aromatic nitrogens is 2. The summed E-state index contributed by atoms with van der Waals surface area (Å²) in [5, 5.41) is 7.98. The minimum absolute atomic E-state index is 0.0114. The Morgan fingerprint density at radius 3 is 2.60 bits per heavy atom. The Kier molecular flexibility index (Phi) is 6.73. The van der Waals surface area contributed by atoms with Gasteiger partial charge in [-0.15, -0.1) is 0 Å². The molecule has 30 heavy (non-hydrogen) atoms. The van der Waals surface area contributed by atoms with Gasteiger partial charge in [0.1, 0.15) is 0 Å². The number of hydrogen-bond donors (Lipinski definition) is 1. The lowest BCUT2D eigenvalue weighted by atomic mass is 9.96. The Labute approximate surface area is 192 Å². The highest BCUT2D eigenvalue weighted by atomic mass is 79.9. The van der Waals surface area contributed by atoms with Gasteiger partial charge in [0.2, 0.25) is 17.6 Å².